The molecule has 1 aliphatic rings. The minimum absolute atomic E-state index is 0.241. The molecule has 1 saturated carbocycles. The Labute approximate surface area is 133 Å². The highest BCUT2D eigenvalue weighted by Gasteiger charge is 2.30. The zero-order valence-electron chi connectivity index (χ0n) is 13.0. The molecule has 2 heterocycles. The zero-order chi connectivity index (χ0) is 15.7. The number of nitrogen functional groups attached to an aromatic ring is 1. The van der Waals surface area contributed by atoms with Crippen LogP contribution in [0.1, 0.15) is 37.3 Å². The predicted octanol–water partition coefficient (Wildman–Crippen LogP) is 1.30. The summed E-state index contributed by atoms with van der Waals surface area (Å²) in [4.78, 5) is 14.5. The molecule has 2 N–H and O–H groups in total. The number of anilines is 2. The van der Waals surface area contributed by atoms with Crippen molar-refractivity contribution in [2.75, 3.05) is 24.7 Å². The Balaban J connectivity index is 1.75. The van der Waals surface area contributed by atoms with Crippen molar-refractivity contribution in [2.45, 2.75) is 43.1 Å². The van der Waals surface area contributed by atoms with Gasteiger partial charge in [0.25, 0.3) is 0 Å². The van der Waals surface area contributed by atoms with Crippen molar-refractivity contribution in [3.8, 4) is 0 Å². The summed E-state index contributed by atoms with van der Waals surface area (Å²) in [5.74, 6) is 3.75. The fourth-order valence-corrected chi connectivity index (χ4v) is 3.03. The molecular formula is C13H20N8S. The van der Waals surface area contributed by atoms with Gasteiger partial charge in [0.05, 0.1) is 5.75 Å². The van der Waals surface area contributed by atoms with E-state index in [1.165, 1.54) is 12.8 Å². The molecule has 0 aliphatic heterocycles. The highest BCUT2D eigenvalue weighted by atomic mass is 32.2. The molecule has 8 nitrogen and oxygen atoms in total. The van der Waals surface area contributed by atoms with E-state index in [4.69, 9.17) is 5.73 Å². The molecule has 3 rings (SSSR count). The maximum Gasteiger partial charge on any atom is 0.229 e. The van der Waals surface area contributed by atoms with Gasteiger partial charge in [-0.2, -0.15) is 15.0 Å². The molecule has 0 bridgehead atoms. The Kier molecular flexibility index (Phi) is 4.14. The summed E-state index contributed by atoms with van der Waals surface area (Å²) in [5.41, 5.74) is 5.74. The summed E-state index contributed by atoms with van der Waals surface area (Å²) in [7, 11) is 3.75. The van der Waals surface area contributed by atoms with Gasteiger partial charge in [-0.3, -0.25) is 0 Å². The Hall–Kier alpha value is -1.90. The van der Waals surface area contributed by atoms with Crippen molar-refractivity contribution in [3.05, 3.63) is 11.6 Å². The largest absolute Gasteiger partial charge is 0.368 e. The molecule has 0 atom stereocenters. The van der Waals surface area contributed by atoms with Gasteiger partial charge in [0.1, 0.15) is 11.6 Å². The molecule has 118 valence electrons. The van der Waals surface area contributed by atoms with Gasteiger partial charge in [0, 0.05) is 26.6 Å². The average Bonchev–Trinajstić information content (AvgIpc) is 3.24. The van der Waals surface area contributed by atoms with Crippen LogP contribution in [-0.2, 0) is 12.3 Å². The fraction of sp³-hybridized carbons (Fsp3) is 0.615. The van der Waals surface area contributed by atoms with Crippen LogP contribution >= 0.6 is 11.8 Å². The zero-order valence-corrected chi connectivity index (χ0v) is 13.8. The number of nitrogens with zero attached hydrogens (tertiary/aromatic N) is 7. The van der Waals surface area contributed by atoms with Gasteiger partial charge in [-0.05, 0) is 19.8 Å². The summed E-state index contributed by atoms with van der Waals surface area (Å²) in [6, 6.07) is 0. The number of aromatic nitrogens is 6. The van der Waals surface area contributed by atoms with Crippen molar-refractivity contribution in [3.63, 3.8) is 0 Å². The van der Waals surface area contributed by atoms with Crippen LogP contribution in [0.4, 0.5) is 11.9 Å². The minimum atomic E-state index is 0.241. The number of rotatable bonds is 6. The first-order chi connectivity index (χ1) is 10.6. The van der Waals surface area contributed by atoms with E-state index in [1.807, 2.05) is 19.0 Å². The van der Waals surface area contributed by atoms with Crippen LogP contribution in [-0.4, -0.2) is 43.8 Å². The third-order valence-corrected chi connectivity index (χ3v) is 4.38. The second-order valence-electron chi connectivity index (χ2n) is 5.45. The number of thioether (sulfide) groups is 1. The lowest BCUT2D eigenvalue weighted by molar-refractivity contribution is 0.643. The van der Waals surface area contributed by atoms with Crippen molar-refractivity contribution >= 4 is 23.7 Å². The lowest BCUT2D eigenvalue weighted by atomic mass is 10.4. The number of hydrogen-bond acceptors (Lipinski definition) is 8. The molecule has 0 amide bonds. The maximum atomic E-state index is 5.74. The van der Waals surface area contributed by atoms with E-state index in [9.17, 15) is 0 Å². The van der Waals surface area contributed by atoms with E-state index < -0.39 is 0 Å². The molecular weight excluding hydrogens is 300 g/mol. The second-order valence-corrected chi connectivity index (χ2v) is 6.39. The van der Waals surface area contributed by atoms with Crippen LogP contribution in [0.5, 0.6) is 0 Å². The van der Waals surface area contributed by atoms with Crippen LogP contribution in [0.15, 0.2) is 5.16 Å². The van der Waals surface area contributed by atoms with E-state index in [2.05, 4.69) is 36.6 Å². The van der Waals surface area contributed by atoms with E-state index in [0.29, 0.717) is 23.4 Å². The average molecular weight is 320 g/mol. The normalized spacial score (nSPS) is 14.3. The third kappa shape index (κ3) is 3.13. The minimum Gasteiger partial charge on any atom is -0.368 e. The molecule has 0 radical (unpaired) electrons. The van der Waals surface area contributed by atoms with Crippen LogP contribution in [0.3, 0.4) is 0 Å². The Morgan fingerprint density at radius 2 is 2.00 bits per heavy atom. The number of nitrogens with two attached hydrogens (primary N) is 1. The molecule has 0 aromatic carbocycles. The van der Waals surface area contributed by atoms with Gasteiger partial charge in [-0.1, -0.05) is 11.8 Å². The smallest absolute Gasteiger partial charge is 0.229 e. The van der Waals surface area contributed by atoms with Crippen LogP contribution in [0.25, 0.3) is 0 Å². The summed E-state index contributed by atoms with van der Waals surface area (Å²) in [6.07, 6.45) is 2.44. The monoisotopic (exact) mass is 320 g/mol. The molecule has 22 heavy (non-hydrogen) atoms. The lowest BCUT2D eigenvalue weighted by Gasteiger charge is -2.11. The first-order valence-corrected chi connectivity index (χ1v) is 8.30. The topological polar surface area (TPSA) is 98.6 Å². The predicted molar refractivity (Wildman–Crippen MR) is 85.8 cm³/mol. The van der Waals surface area contributed by atoms with Gasteiger partial charge in [0.15, 0.2) is 5.16 Å². The maximum absolute atomic E-state index is 5.74. The second kappa shape index (κ2) is 6.07. The lowest BCUT2D eigenvalue weighted by Crippen LogP contribution is -2.16. The highest BCUT2D eigenvalue weighted by Crippen LogP contribution is 2.40. The third-order valence-electron chi connectivity index (χ3n) is 3.42. The van der Waals surface area contributed by atoms with Crippen molar-refractivity contribution in [1.29, 1.82) is 0 Å². The molecule has 0 unspecified atom stereocenters. The summed E-state index contributed by atoms with van der Waals surface area (Å²) in [6.45, 7) is 2.99. The van der Waals surface area contributed by atoms with E-state index in [-0.39, 0.29) is 5.95 Å². The van der Waals surface area contributed by atoms with Crippen molar-refractivity contribution in [2.24, 2.45) is 0 Å². The van der Waals surface area contributed by atoms with E-state index in [0.717, 1.165) is 17.5 Å². The van der Waals surface area contributed by atoms with E-state index in [1.54, 1.807) is 11.8 Å². The van der Waals surface area contributed by atoms with Gasteiger partial charge < -0.3 is 15.2 Å². The molecule has 1 fully saturated rings. The van der Waals surface area contributed by atoms with Gasteiger partial charge >= 0.3 is 0 Å². The van der Waals surface area contributed by atoms with Crippen LogP contribution in [0, 0.1) is 0 Å². The quantitative estimate of drug-likeness (QED) is 0.795. The number of hydrogen-bond donors (Lipinski definition) is 1. The molecule has 2 aromatic heterocycles. The standard InChI is InChI=1S/C13H20N8S/c1-4-21-10(8-5-6-8)18-19-13(21)22-7-9-15-11(14)17-12(16-9)20(2)3/h8H,4-7H2,1-3H3,(H2,14,15,16,17). The fourth-order valence-electron chi connectivity index (χ4n) is 2.17. The van der Waals surface area contributed by atoms with Crippen LogP contribution < -0.4 is 10.6 Å². The summed E-state index contributed by atoms with van der Waals surface area (Å²) < 4.78 is 2.18. The van der Waals surface area contributed by atoms with Crippen molar-refractivity contribution < 1.29 is 0 Å². The molecule has 1 aliphatic carbocycles. The van der Waals surface area contributed by atoms with E-state index >= 15 is 0 Å². The van der Waals surface area contributed by atoms with Crippen LogP contribution in [0.2, 0.25) is 0 Å². The first-order valence-electron chi connectivity index (χ1n) is 7.32. The van der Waals surface area contributed by atoms with Crippen molar-refractivity contribution in [1.82, 2.24) is 29.7 Å². The van der Waals surface area contributed by atoms with Gasteiger partial charge in [-0.15, -0.1) is 10.2 Å². The first kappa shape index (κ1) is 15.0. The Morgan fingerprint density at radius 1 is 1.23 bits per heavy atom. The van der Waals surface area contributed by atoms with Gasteiger partial charge in [-0.25, -0.2) is 0 Å². The Morgan fingerprint density at radius 3 is 2.64 bits per heavy atom. The summed E-state index contributed by atoms with van der Waals surface area (Å²) >= 11 is 1.58. The molecule has 0 saturated heterocycles. The summed E-state index contributed by atoms with van der Waals surface area (Å²) in [5, 5.41) is 9.55. The molecule has 2 aromatic rings. The molecule has 9 heteroatoms. The molecule has 0 spiro atoms. The highest BCUT2D eigenvalue weighted by molar-refractivity contribution is 7.98. The SMILES string of the molecule is CCn1c(SCc2nc(N)nc(N(C)C)n2)nnc1C1CC1. The Bertz CT molecular complexity index is 664. The van der Waals surface area contributed by atoms with Gasteiger partial charge in [0.2, 0.25) is 11.9 Å².